The van der Waals surface area contributed by atoms with Crippen molar-refractivity contribution in [2.75, 3.05) is 11.9 Å². The van der Waals surface area contributed by atoms with Gasteiger partial charge in [0, 0.05) is 27.3 Å². The second-order valence-corrected chi connectivity index (χ2v) is 7.61. The lowest BCUT2D eigenvalue weighted by Gasteiger charge is -2.52. The first-order valence-electron chi connectivity index (χ1n) is 7.04. The van der Waals surface area contributed by atoms with Crippen LogP contribution >= 0.6 is 22.6 Å². The molecule has 1 N–H and O–H groups in total. The van der Waals surface area contributed by atoms with Gasteiger partial charge in [-0.3, -0.25) is 0 Å². The zero-order valence-corrected chi connectivity index (χ0v) is 14.4. The van der Waals surface area contributed by atoms with E-state index in [-0.39, 0.29) is 5.41 Å². The van der Waals surface area contributed by atoms with Gasteiger partial charge in [-0.15, -0.1) is 0 Å². The van der Waals surface area contributed by atoms with Gasteiger partial charge in [0.2, 0.25) is 0 Å². The van der Waals surface area contributed by atoms with Gasteiger partial charge in [-0.05, 0) is 47.1 Å². The third kappa shape index (κ3) is 3.43. The number of para-hydroxylation sites is 1. The van der Waals surface area contributed by atoms with Crippen LogP contribution in [0.25, 0.3) is 0 Å². The highest BCUT2D eigenvalue weighted by Gasteiger charge is 2.49. The van der Waals surface area contributed by atoms with Gasteiger partial charge in [-0.2, -0.15) is 0 Å². The quantitative estimate of drug-likeness (QED) is 0.765. The molecule has 0 heterocycles. The van der Waals surface area contributed by atoms with Gasteiger partial charge < -0.3 is 10.1 Å². The fourth-order valence-electron chi connectivity index (χ4n) is 2.49. The third-order valence-electron chi connectivity index (χ3n) is 4.01. The molecule has 106 valence electrons. The van der Waals surface area contributed by atoms with E-state index >= 15 is 0 Å². The molecule has 2 rings (SSSR count). The molecule has 1 aliphatic carbocycles. The van der Waals surface area contributed by atoms with Gasteiger partial charge >= 0.3 is 0 Å². The molecule has 2 unspecified atom stereocenters. The van der Waals surface area contributed by atoms with Crippen molar-refractivity contribution in [1.29, 1.82) is 0 Å². The zero-order chi connectivity index (χ0) is 14.0. The highest BCUT2D eigenvalue weighted by atomic mass is 127. The number of ether oxygens (including phenoxy) is 1. The average Bonchev–Trinajstić information content (AvgIpc) is 2.34. The minimum absolute atomic E-state index is 0.202. The Morgan fingerprint density at radius 1 is 1.37 bits per heavy atom. The second kappa shape index (κ2) is 6.00. The monoisotopic (exact) mass is 373 g/mol. The van der Waals surface area contributed by atoms with Crippen molar-refractivity contribution in [3.8, 4) is 0 Å². The lowest BCUT2D eigenvalue weighted by atomic mass is 9.64. The maximum absolute atomic E-state index is 6.01. The van der Waals surface area contributed by atoms with Crippen molar-refractivity contribution in [2.24, 2.45) is 11.3 Å². The van der Waals surface area contributed by atoms with Gasteiger partial charge in [-0.1, -0.05) is 39.8 Å². The van der Waals surface area contributed by atoms with Crippen LogP contribution in [0.5, 0.6) is 0 Å². The van der Waals surface area contributed by atoms with Gasteiger partial charge in [-0.25, -0.2) is 0 Å². The molecule has 1 aromatic rings. The Hall–Kier alpha value is -0.290. The predicted molar refractivity (Wildman–Crippen MR) is 89.5 cm³/mol. The van der Waals surface area contributed by atoms with Crippen molar-refractivity contribution < 1.29 is 4.74 Å². The van der Waals surface area contributed by atoms with E-state index in [1.807, 2.05) is 0 Å². The summed E-state index contributed by atoms with van der Waals surface area (Å²) in [6, 6.07) is 8.96. The molecule has 1 aromatic carbocycles. The van der Waals surface area contributed by atoms with Crippen LogP contribution in [0.15, 0.2) is 24.3 Å². The van der Waals surface area contributed by atoms with Crippen LogP contribution in [0.1, 0.15) is 34.1 Å². The Morgan fingerprint density at radius 3 is 2.63 bits per heavy atom. The van der Waals surface area contributed by atoms with E-state index in [1.165, 1.54) is 9.26 Å². The van der Waals surface area contributed by atoms with Gasteiger partial charge in [0.05, 0.1) is 6.10 Å². The van der Waals surface area contributed by atoms with E-state index in [0.717, 1.165) is 13.0 Å². The Morgan fingerprint density at radius 2 is 2.05 bits per heavy atom. The lowest BCUT2D eigenvalue weighted by molar-refractivity contribution is -0.108. The van der Waals surface area contributed by atoms with Gasteiger partial charge in [0.15, 0.2) is 0 Å². The van der Waals surface area contributed by atoms with Crippen LogP contribution in [-0.2, 0) is 4.74 Å². The molecular weight excluding hydrogens is 349 g/mol. The molecule has 2 nitrogen and oxygen atoms in total. The van der Waals surface area contributed by atoms with Crippen molar-refractivity contribution >= 4 is 28.3 Å². The highest BCUT2D eigenvalue weighted by Crippen LogP contribution is 2.44. The molecule has 1 saturated carbocycles. The first-order valence-corrected chi connectivity index (χ1v) is 8.11. The number of hydrogen-bond acceptors (Lipinski definition) is 2. The van der Waals surface area contributed by atoms with Crippen LogP contribution in [0.3, 0.4) is 0 Å². The van der Waals surface area contributed by atoms with E-state index in [2.05, 4.69) is 79.9 Å². The van der Waals surface area contributed by atoms with Crippen molar-refractivity contribution in [3.63, 3.8) is 0 Å². The maximum atomic E-state index is 6.01. The lowest BCUT2D eigenvalue weighted by Crippen LogP contribution is -2.58. The maximum Gasteiger partial charge on any atom is 0.0665 e. The number of anilines is 1. The summed E-state index contributed by atoms with van der Waals surface area (Å²) >= 11 is 2.38. The Bertz CT molecular complexity index is 431. The SMILES string of the molecule is CC(C)COC1CC(Nc2ccccc2I)C1(C)C. The molecule has 0 spiro atoms. The first kappa shape index (κ1) is 15.1. The standard InChI is InChI=1S/C16H24INO/c1-11(2)10-19-15-9-14(16(15,3)4)18-13-8-6-5-7-12(13)17/h5-8,11,14-15,18H,9-10H2,1-4H3. The Labute approximate surface area is 130 Å². The summed E-state index contributed by atoms with van der Waals surface area (Å²) in [5.41, 5.74) is 1.44. The molecule has 0 saturated heterocycles. The fraction of sp³-hybridized carbons (Fsp3) is 0.625. The summed E-state index contributed by atoms with van der Waals surface area (Å²) in [4.78, 5) is 0. The number of nitrogens with one attached hydrogen (secondary N) is 1. The van der Waals surface area contributed by atoms with Crippen molar-refractivity contribution in [1.82, 2.24) is 0 Å². The van der Waals surface area contributed by atoms with Crippen LogP contribution in [0.4, 0.5) is 5.69 Å². The number of rotatable bonds is 5. The fourth-order valence-corrected chi connectivity index (χ4v) is 3.03. The van der Waals surface area contributed by atoms with E-state index < -0.39 is 0 Å². The first-order chi connectivity index (χ1) is 8.91. The Balaban J connectivity index is 1.93. The molecule has 19 heavy (non-hydrogen) atoms. The number of hydrogen-bond donors (Lipinski definition) is 1. The van der Waals surface area contributed by atoms with Crippen molar-refractivity contribution in [3.05, 3.63) is 27.8 Å². The zero-order valence-electron chi connectivity index (χ0n) is 12.2. The second-order valence-electron chi connectivity index (χ2n) is 6.45. The molecule has 2 atom stereocenters. The van der Waals surface area contributed by atoms with Crippen LogP contribution < -0.4 is 5.32 Å². The number of benzene rings is 1. The summed E-state index contributed by atoms with van der Waals surface area (Å²) in [7, 11) is 0. The smallest absolute Gasteiger partial charge is 0.0665 e. The number of halogens is 1. The van der Waals surface area contributed by atoms with E-state index in [0.29, 0.717) is 18.1 Å². The van der Waals surface area contributed by atoms with Crippen LogP contribution in [0.2, 0.25) is 0 Å². The van der Waals surface area contributed by atoms with E-state index in [1.54, 1.807) is 0 Å². The predicted octanol–water partition coefficient (Wildman–Crippen LogP) is 4.54. The molecular formula is C16H24INO. The van der Waals surface area contributed by atoms with Crippen LogP contribution in [0, 0.1) is 14.9 Å². The minimum Gasteiger partial charge on any atom is -0.381 e. The van der Waals surface area contributed by atoms with E-state index in [9.17, 15) is 0 Å². The highest BCUT2D eigenvalue weighted by molar-refractivity contribution is 14.1. The molecule has 0 bridgehead atoms. The Kier molecular flexibility index (Phi) is 4.77. The van der Waals surface area contributed by atoms with Crippen LogP contribution in [-0.4, -0.2) is 18.8 Å². The molecule has 3 heteroatoms. The topological polar surface area (TPSA) is 21.3 Å². The average molecular weight is 373 g/mol. The van der Waals surface area contributed by atoms with Crippen molar-refractivity contribution in [2.45, 2.75) is 46.3 Å². The minimum atomic E-state index is 0.202. The van der Waals surface area contributed by atoms with Gasteiger partial charge in [0.25, 0.3) is 0 Å². The summed E-state index contributed by atoms with van der Waals surface area (Å²) in [6.45, 7) is 9.87. The summed E-state index contributed by atoms with van der Waals surface area (Å²) in [5.74, 6) is 0.609. The molecule has 0 amide bonds. The molecule has 0 radical (unpaired) electrons. The summed E-state index contributed by atoms with van der Waals surface area (Å²) in [6.07, 6.45) is 1.49. The largest absolute Gasteiger partial charge is 0.381 e. The summed E-state index contributed by atoms with van der Waals surface area (Å²) < 4.78 is 7.29. The normalized spacial score (nSPS) is 25.2. The molecule has 0 aliphatic heterocycles. The third-order valence-corrected chi connectivity index (χ3v) is 4.95. The van der Waals surface area contributed by atoms with E-state index in [4.69, 9.17) is 4.74 Å². The van der Waals surface area contributed by atoms with Gasteiger partial charge in [0.1, 0.15) is 0 Å². The summed E-state index contributed by atoms with van der Waals surface area (Å²) in [5, 5.41) is 3.67. The molecule has 0 aromatic heterocycles. The molecule has 1 fully saturated rings. The molecule has 1 aliphatic rings.